The summed E-state index contributed by atoms with van der Waals surface area (Å²) in [5.74, 6) is -0.305. The summed E-state index contributed by atoms with van der Waals surface area (Å²) in [6, 6.07) is 12.0. The van der Waals surface area contributed by atoms with E-state index in [-0.39, 0.29) is 24.8 Å². The molecule has 0 aliphatic carbocycles. The number of hydrogen-bond donors (Lipinski definition) is 1. The Morgan fingerprint density at radius 2 is 1.72 bits per heavy atom. The summed E-state index contributed by atoms with van der Waals surface area (Å²) in [5, 5.41) is 4.43. The molecule has 1 atom stereocenters. The van der Waals surface area contributed by atoms with Gasteiger partial charge in [0.1, 0.15) is 6.04 Å². The lowest BCUT2D eigenvalue weighted by Crippen LogP contribution is -2.49. The molecule has 1 unspecified atom stereocenters. The Balaban J connectivity index is 2.25. The molecule has 0 saturated heterocycles. The molecule has 0 bridgehead atoms. The van der Waals surface area contributed by atoms with Crippen LogP contribution in [0.25, 0.3) is 0 Å². The molecule has 0 aliphatic heterocycles. The molecule has 0 spiro atoms. The number of likely N-dealkylation sites (N-methyl/N-ethyl adjacent to an activating group) is 1. The first-order chi connectivity index (χ1) is 13.9. The first-order valence-electron chi connectivity index (χ1n) is 9.61. The minimum absolute atomic E-state index is 0.131. The van der Waals surface area contributed by atoms with E-state index < -0.39 is 6.04 Å². The summed E-state index contributed by atoms with van der Waals surface area (Å²) in [4.78, 5) is 27.3. The van der Waals surface area contributed by atoms with Crippen LogP contribution in [0.1, 0.15) is 37.8 Å². The van der Waals surface area contributed by atoms with Crippen LogP contribution in [-0.2, 0) is 22.6 Å². The molecule has 0 aromatic heterocycles. The van der Waals surface area contributed by atoms with Crippen LogP contribution in [0.15, 0.2) is 42.5 Å². The Labute approximate surface area is 187 Å². The SMILES string of the molecule is CCNC(=O)C(CC)N(Cc1ccc(Cl)cc1Cl)C(=O)CCc1ccccc1Cl. The Morgan fingerprint density at radius 3 is 2.34 bits per heavy atom. The minimum atomic E-state index is -0.583. The van der Waals surface area contributed by atoms with Gasteiger partial charge in [0, 0.05) is 34.6 Å². The van der Waals surface area contributed by atoms with Gasteiger partial charge in [0.15, 0.2) is 0 Å². The van der Waals surface area contributed by atoms with Crippen LogP contribution < -0.4 is 5.32 Å². The number of carbonyl (C=O) groups is 2. The predicted octanol–water partition coefficient (Wildman–Crippen LogP) is 5.52. The van der Waals surface area contributed by atoms with Crippen LogP contribution in [0.4, 0.5) is 0 Å². The van der Waals surface area contributed by atoms with E-state index >= 15 is 0 Å². The van der Waals surface area contributed by atoms with Crippen molar-refractivity contribution >= 4 is 46.6 Å². The van der Waals surface area contributed by atoms with Gasteiger partial charge in [-0.1, -0.05) is 66.0 Å². The normalized spacial score (nSPS) is 11.8. The Kier molecular flexibility index (Phi) is 9.28. The highest BCUT2D eigenvalue weighted by atomic mass is 35.5. The van der Waals surface area contributed by atoms with E-state index in [9.17, 15) is 9.59 Å². The smallest absolute Gasteiger partial charge is 0.242 e. The lowest BCUT2D eigenvalue weighted by Gasteiger charge is -2.31. The first-order valence-corrected chi connectivity index (χ1v) is 10.7. The number of benzene rings is 2. The van der Waals surface area contributed by atoms with E-state index in [2.05, 4.69) is 5.32 Å². The summed E-state index contributed by atoms with van der Waals surface area (Å²) < 4.78 is 0. The standard InChI is InChI=1S/C22H25Cl3N2O2/c1-3-20(22(29)26-4-2)27(14-16-9-11-17(23)13-19(16)25)21(28)12-10-15-7-5-6-8-18(15)24/h5-9,11,13,20H,3-4,10,12,14H2,1-2H3,(H,26,29). The van der Waals surface area contributed by atoms with Crippen molar-refractivity contribution in [2.75, 3.05) is 6.54 Å². The van der Waals surface area contributed by atoms with Gasteiger partial charge in [0.2, 0.25) is 11.8 Å². The van der Waals surface area contributed by atoms with Gasteiger partial charge in [0.05, 0.1) is 0 Å². The monoisotopic (exact) mass is 454 g/mol. The zero-order valence-electron chi connectivity index (χ0n) is 16.6. The number of nitrogens with one attached hydrogen (secondary N) is 1. The van der Waals surface area contributed by atoms with Crippen LogP contribution >= 0.6 is 34.8 Å². The van der Waals surface area contributed by atoms with Crippen LogP contribution in [0.5, 0.6) is 0 Å². The largest absolute Gasteiger partial charge is 0.355 e. The zero-order chi connectivity index (χ0) is 21.4. The summed E-state index contributed by atoms with van der Waals surface area (Å²) >= 11 is 18.5. The van der Waals surface area contributed by atoms with E-state index in [0.29, 0.717) is 34.5 Å². The summed E-state index contributed by atoms with van der Waals surface area (Å²) in [6.45, 7) is 4.47. The molecule has 29 heavy (non-hydrogen) atoms. The van der Waals surface area contributed by atoms with Crippen molar-refractivity contribution in [2.24, 2.45) is 0 Å². The van der Waals surface area contributed by atoms with Crippen LogP contribution in [-0.4, -0.2) is 29.3 Å². The molecule has 0 fully saturated rings. The maximum absolute atomic E-state index is 13.2. The van der Waals surface area contributed by atoms with Crippen molar-refractivity contribution < 1.29 is 9.59 Å². The first kappa shape index (κ1) is 23.5. The van der Waals surface area contributed by atoms with Crippen molar-refractivity contribution in [1.82, 2.24) is 10.2 Å². The van der Waals surface area contributed by atoms with E-state index in [1.807, 2.05) is 32.0 Å². The van der Waals surface area contributed by atoms with Gasteiger partial charge in [-0.25, -0.2) is 0 Å². The Morgan fingerprint density at radius 1 is 1.00 bits per heavy atom. The topological polar surface area (TPSA) is 49.4 Å². The second-order valence-electron chi connectivity index (χ2n) is 6.67. The molecule has 0 aliphatic rings. The van der Waals surface area contributed by atoms with Crippen molar-refractivity contribution in [1.29, 1.82) is 0 Å². The molecule has 4 nitrogen and oxygen atoms in total. The van der Waals surface area contributed by atoms with Gasteiger partial charge in [0.25, 0.3) is 0 Å². The minimum Gasteiger partial charge on any atom is -0.355 e. The Bertz CT molecular complexity index is 858. The molecule has 2 aromatic carbocycles. The fourth-order valence-electron chi connectivity index (χ4n) is 3.13. The van der Waals surface area contributed by atoms with E-state index in [4.69, 9.17) is 34.8 Å². The van der Waals surface area contributed by atoms with Crippen LogP contribution in [0.2, 0.25) is 15.1 Å². The average molecular weight is 456 g/mol. The number of amides is 2. The molecule has 7 heteroatoms. The average Bonchev–Trinajstić information content (AvgIpc) is 2.68. The predicted molar refractivity (Wildman–Crippen MR) is 120 cm³/mol. The van der Waals surface area contributed by atoms with Gasteiger partial charge in [-0.2, -0.15) is 0 Å². The zero-order valence-corrected chi connectivity index (χ0v) is 18.8. The second kappa shape index (κ2) is 11.4. The van der Waals surface area contributed by atoms with Crippen molar-refractivity contribution in [2.45, 2.75) is 45.7 Å². The molecule has 1 N–H and O–H groups in total. The third kappa shape index (κ3) is 6.63. The van der Waals surface area contributed by atoms with Crippen LogP contribution in [0, 0.1) is 0 Å². The van der Waals surface area contributed by atoms with E-state index in [0.717, 1.165) is 11.1 Å². The van der Waals surface area contributed by atoms with E-state index in [1.54, 1.807) is 29.2 Å². The number of aryl methyl sites for hydroxylation is 1. The number of rotatable bonds is 9. The van der Waals surface area contributed by atoms with Gasteiger partial charge in [-0.3, -0.25) is 9.59 Å². The Hall–Kier alpha value is -1.75. The number of nitrogens with zero attached hydrogens (tertiary/aromatic N) is 1. The van der Waals surface area contributed by atoms with Crippen molar-refractivity contribution in [3.63, 3.8) is 0 Å². The molecule has 2 aromatic rings. The lowest BCUT2D eigenvalue weighted by atomic mass is 10.1. The second-order valence-corrected chi connectivity index (χ2v) is 7.92. The number of carbonyl (C=O) groups excluding carboxylic acids is 2. The maximum atomic E-state index is 13.2. The van der Waals surface area contributed by atoms with E-state index in [1.165, 1.54) is 0 Å². The van der Waals surface area contributed by atoms with Crippen LogP contribution in [0.3, 0.4) is 0 Å². The third-order valence-electron chi connectivity index (χ3n) is 4.66. The number of hydrogen-bond acceptors (Lipinski definition) is 2. The molecule has 0 heterocycles. The molecule has 156 valence electrons. The highest BCUT2D eigenvalue weighted by Gasteiger charge is 2.28. The summed E-state index contributed by atoms with van der Waals surface area (Å²) in [5.41, 5.74) is 1.64. The maximum Gasteiger partial charge on any atom is 0.242 e. The molecule has 0 radical (unpaired) electrons. The van der Waals surface area contributed by atoms with Gasteiger partial charge < -0.3 is 10.2 Å². The van der Waals surface area contributed by atoms with Gasteiger partial charge in [-0.05, 0) is 49.1 Å². The van der Waals surface area contributed by atoms with Gasteiger partial charge >= 0.3 is 0 Å². The molecule has 2 amide bonds. The fraction of sp³-hybridized carbons (Fsp3) is 0.364. The molecular formula is C22H25Cl3N2O2. The molecule has 0 saturated carbocycles. The highest BCUT2D eigenvalue weighted by molar-refractivity contribution is 6.35. The highest BCUT2D eigenvalue weighted by Crippen LogP contribution is 2.24. The number of halogens is 3. The van der Waals surface area contributed by atoms with Gasteiger partial charge in [-0.15, -0.1) is 0 Å². The third-order valence-corrected chi connectivity index (χ3v) is 5.61. The lowest BCUT2D eigenvalue weighted by molar-refractivity contribution is -0.141. The van der Waals surface area contributed by atoms with Crippen molar-refractivity contribution in [3.8, 4) is 0 Å². The summed E-state index contributed by atoms with van der Waals surface area (Å²) in [6.07, 6.45) is 1.23. The molecule has 2 rings (SSSR count). The molecular weight excluding hydrogens is 431 g/mol. The quantitative estimate of drug-likeness (QED) is 0.541. The van der Waals surface area contributed by atoms with Crippen molar-refractivity contribution in [3.05, 3.63) is 68.7 Å². The fourth-order valence-corrected chi connectivity index (χ4v) is 3.83. The summed E-state index contributed by atoms with van der Waals surface area (Å²) in [7, 11) is 0.